The minimum absolute atomic E-state index is 0.0679. The number of benzene rings is 2. The Balaban J connectivity index is 2.20. The fourth-order valence-corrected chi connectivity index (χ4v) is 2.43. The van der Waals surface area contributed by atoms with Gasteiger partial charge in [0.1, 0.15) is 5.82 Å². The first kappa shape index (κ1) is 12.8. The van der Waals surface area contributed by atoms with Crippen LogP contribution in [-0.4, -0.2) is 21.7 Å². The Bertz CT molecular complexity index is 748. The zero-order valence-electron chi connectivity index (χ0n) is 11.4. The van der Waals surface area contributed by atoms with Crippen LogP contribution in [0.2, 0.25) is 0 Å². The van der Waals surface area contributed by atoms with Crippen LogP contribution in [0, 0.1) is 6.92 Å². The van der Waals surface area contributed by atoms with E-state index in [-0.39, 0.29) is 6.61 Å². The molecular formula is C17H16N2O. The third kappa shape index (κ3) is 2.40. The van der Waals surface area contributed by atoms with Gasteiger partial charge in [0.25, 0.3) is 0 Å². The van der Waals surface area contributed by atoms with Gasteiger partial charge in [-0.1, -0.05) is 42.5 Å². The van der Waals surface area contributed by atoms with Gasteiger partial charge in [0.05, 0.1) is 12.3 Å². The molecule has 0 radical (unpaired) electrons. The summed E-state index contributed by atoms with van der Waals surface area (Å²) in [5, 5.41) is 11.4. The molecule has 2 aromatic carbocycles. The van der Waals surface area contributed by atoms with Crippen LogP contribution in [0.5, 0.6) is 0 Å². The third-order valence-corrected chi connectivity index (χ3v) is 3.30. The Morgan fingerprint density at radius 1 is 1.00 bits per heavy atom. The smallest absolute Gasteiger partial charge is 0.131 e. The molecule has 1 N–H and O–H groups in total. The van der Waals surface area contributed by atoms with Crippen LogP contribution >= 0.6 is 0 Å². The highest BCUT2D eigenvalue weighted by atomic mass is 16.3. The van der Waals surface area contributed by atoms with Gasteiger partial charge in [0, 0.05) is 17.7 Å². The Morgan fingerprint density at radius 3 is 2.65 bits per heavy atom. The summed E-state index contributed by atoms with van der Waals surface area (Å²) in [6, 6.07) is 16.5. The summed E-state index contributed by atoms with van der Waals surface area (Å²) in [5.74, 6) is 0.690. The van der Waals surface area contributed by atoms with Crippen molar-refractivity contribution in [3.05, 3.63) is 60.0 Å². The van der Waals surface area contributed by atoms with E-state index in [0.717, 1.165) is 17.0 Å². The van der Waals surface area contributed by atoms with Gasteiger partial charge in [0.15, 0.2) is 0 Å². The van der Waals surface area contributed by atoms with Crippen molar-refractivity contribution in [3.63, 3.8) is 0 Å². The second kappa shape index (κ2) is 5.39. The van der Waals surface area contributed by atoms with Crippen molar-refractivity contribution >= 4 is 10.8 Å². The molecule has 0 spiro atoms. The van der Waals surface area contributed by atoms with E-state index in [9.17, 15) is 0 Å². The number of nitrogens with zero attached hydrogens (tertiary/aromatic N) is 2. The number of aliphatic hydroxyl groups is 1. The van der Waals surface area contributed by atoms with Crippen molar-refractivity contribution in [3.8, 4) is 11.3 Å². The molecule has 20 heavy (non-hydrogen) atoms. The standard InChI is InChI=1S/C17H16N2O/c1-12-11-16(19-17(18-12)9-10-20)15-8-4-6-13-5-2-3-7-14(13)15/h2-8,11,20H,9-10H2,1H3. The molecule has 0 saturated carbocycles. The minimum Gasteiger partial charge on any atom is -0.396 e. The lowest BCUT2D eigenvalue weighted by molar-refractivity contribution is 0.296. The summed E-state index contributed by atoms with van der Waals surface area (Å²) in [6.45, 7) is 2.02. The van der Waals surface area contributed by atoms with Crippen LogP contribution in [0.15, 0.2) is 48.5 Å². The van der Waals surface area contributed by atoms with E-state index >= 15 is 0 Å². The molecule has 100 valence electrons. The molecule has 3 nitrogen and oxygen atoms in total. The third-order valence-electron chi connectivity index (χ3n) is 3.30. The first-order valence-corrected chi connectivity index (χ1v) is 6.71. The first-order valence-electron chi connectivity index (χ1n) is 6.71. The molecule has 0 atom stereocenters. The number of hydrogen-bond donors (Lipinski definition) is 1. The first-order chi connectivity index (χ1) is 9.78. The summed E-state index contributed by atoms with van der Waals surface area (Å²) >= 11 is 0. The molecule has 0 aliphatic carbocycles. The summed E-state index contributed by atoms with van der Waals surface area (Å²) < 4.78 is 0. The maximum atomic E-state index is 9.06. The molecular weight excluding hydrogens is 248 g/mol. The largest absolute Gasteiger partial charge is 0.396 e. The highest BCUT2D eigenvalue weighted by Crippen LogP contribution is 2.27. The fourth-order valence-electron chi connectivity index (χ4n) is 2.43. The number of fused-ring (bicyclic) bond motifs is 1. The molecule has 0 aliphatic rings. The number of aromatic nitrogens is 2. The maximum Gasteiger partial charge on any atom is 0.131 e. The predicted molar refractivity (Wildman–Crippen MR) is 80.5 cm³/mol. The van der Waals surface area contributed by atoms with Gasteiger partial charge in [-0.05, 0) is 23.8 Å². The SMILES string of the molecule is Cc1cc(-c2cccc3ccccc23)nc(CCO)n1. The van der Waals surface area contributed by atoms with Gasteiger partial charge in [-0.3, -0.25) is 0 Å². The monoisotopic (exact) mass is 264 g/mol. The quantitative estimate of drug-likeness (QED) is 0.790. The lowest BCUT2D eigenvalue weighted by Gasteiger charge is -2.08. The van der Waals surface area contributed by atoms with Crippen LogP contribution in [-0.2, 0) is 6.42 Å². The van der Waals surface area contributed by atoms with Crippen molar-refractivity contribution < 1.29 is 5.11 Å². The topological polar surface area (TPSA) is 46.0 Å². The van der Waals surface area contributed by atoms with Gasteiger partial charge in [-0.25, -0.2) is 9.97 Å². The molecule has 1 aromatic heterocycles. The molecule has 3 aromatic rings. The van der Waals surface area contributed by atoms with E-state index in [0.29, 0.717) is 12.2 Å². The molecule has 0 saturated heterocycles. The van der Waals surface area contributed by atoms with E-state index < -0.39 is 0 Å². The Kier molecular flexibility index (Phi) is 3.44. The van der Waals surface area contributed by atoms with Gasteiger partial charge in [0.2, 0.25) is 0 Å². The van der Waals surface area contributed by atoms with E-state index in [2.05, 4.69) is 34.2 Å². The van der Waals surface area contributed by atoms with Crippen molar-refractivity contribution in [1.82, 2.24) is 9.97 Å². The zero-order valence-corrected chi connectivity index (χ0v) is 11.4. The molecule has 0 amide bonds. The maximum absolute atomic E-state index is 9.06. The van der Waals surface area contributed by atoms with Gasteiger partial charge >= 0.3 is 0 Å². The molecule has 0 unspecified atom stereocenters. The van der Waals surface area contributed by atoms with Gasteiger partial charge < -0.3 is 5.11 Å². The van der Waals surface area contributed by atoms with Crippen molar-refractivity contribution in [1.29, 1.82) is 0 Å². The van der Waals surface area contributed by atoms with E-state index in [4.69, 9.17) is 5.11 Å². The normalized spacial score (nSPS) is 10.9. The van der Waals surface area contributed by atoms with Gasteiger partial charge in [-0.15, -0.1) is 0 Å². The van der Waals surface area contributed by atoms with Crippen molar-refractivity contribution in [2.24, 2.45) is 0 Å². The summed E-state index contributed by atoms with van der Waals surface area (Å²) in [4.78, 5) is 8.93. The Hall–Kier alpha value is -2.26. The number of aryl methyl sites for hydroxylation is 1. The highest BCUT2D eigenvalue weighted by molar-refractivity contribution is 5.95. The fraction of sp³-hybridized carbons (Fsp3) is 0.176. The molecule has 0 fully saturated rings. The molecule has 0 aliphatic heterocycles. The minimum atomic E-state index is 0.0679. The lowest BCUT2D eigenvalue weighted by Crippen LogP contribution is -2.01. The van der Waals surface area contributed by atoms with Crippen LogP contribution in [0.4, 0.5) is 0 Å². The number of aliphatic hydroxyl groups excluding tert-OH is 1. The van der Waals surface area contributed by atoms with Crippen LogP contribution in [0.3, 0.4) is 0 Å². The van der Waals surface area contributed by atoms with Crippen LogP contribution < -0.4 is 0 Å². The summed E-state index contributed by atoms with van der Waals surface area (Å²) in [5.41, 5.74) is 2.94. The number of hydrogen-bond acceptors (Lipinski definition) is 3. The van der Waals surface area contributed by atoms with Crippen molar-refractivity contribution in [2.45, 2.75) is 13.3 Å². The Labute approximate surface area is 117 Å². The number of rotatable bonds is 3. The highest BCUT2D eigenvalue weighted by Gasteiger charge is 2.07. The lowest BCUT2D eigenvalue weighted by atomic mass is 10.0. The van der Waals surface area contributed by atoms with E-state index in [1.165, 1.54) is 10.8 Å². The second-order valence-corrected chi connectivity index (χ2v) is 4.81. The van der Waals surface area contributed by atoms with Crippen LogP contribution in [0.1, 0.15) is 11.5 Å². The Morgan fingerprint density at radius 2 is 1.80 bits per heavy atom. The van der Waals surface area contributed by atoms with E-state index in [1.54, 1.807) is 0 Å². The average Bonchev–Trinajstić information content (AvgIpc) is 2.46. The summed E-state index contributed by atoms with van der Waals surface area (Å²) in [7, 11) is 0. The van der Waals surface area contributed by atoms with E-state index in [1.807, 2.05) is 31.2 Å². The predicted octanol–water partition coefficient (Wildman–Crippen LogP) is 3.14. The van der Waals surface area contributed by atoms with Crippen LogP contribution in [0.25, 0.3) is 22.0 Å². The van der Waals surface area contributed by atoms with Gasteiger partial charge in [-0.2, -0.15) is 0 Å². The van der Waals surface area contributed by atoms with Crippen molar-refractivity contribution in [2.75, 3.05) is 6.61 Å². The molecule has 3 rings (SSSR count). The molecule has 0 bridgehead atoms. The summed E-state index contributed by atoms with van der Waals surface area (Å²) in [6.07, 6.45) is 0.486. The second-order valence-electron chi connectivity index (χ2n) is 4.81. The molecule has 1 heterocycles. The zero-order chi connectivity index (χ0) is 13.9. The molecule has 3 heteroatoms. The average molecular weight is 264 g/mol.